The molecule has 6 rings (SSSR count). The van der Waals surface area contributed by atoms with Gasteiger partial charge in [-0.15, -0.1) is 0 Å². The SMILES string of the molecule is Cn1nc(-c2ccccc2)cc1NC(=O)n1ccc2cc(Oc3ncnc4c3CCNC4)ccc21. The number of benzene rings is 2. The molecular formula is C26H23N7O2. The third-order valence-electron chi connectivity index (χ3n) is 6.12. The lowest BCUT2D eigenvalue weighted by atomic mass is 10.1. The number of anilines is 1. The first-order valence-corrected chi connectivity index (χ1v) is 11.4. The molecule has 1 aliphatic rings. The lowest BCUT2D eigenvalue weighted by Crippen LogP contribution is -2.25. The number of rotatable bonds is 4. The lowest BCUT2D eigenvalue weighted by molar-refractivity contribution is 0.254. The van der Waals surface area contributed by atoms with Crippen molar-refractivity contribution in [1.29, 1.82) is 0 Å². The molecule has 0 atom stereocenters. The molecule has 4 heterocycles. The van der Waals surface area contributed by atoms with Crippen molar-refractivity contribution >= 4 is 22.8 Å². The summed E-state index contributed by atoms with van der Waals surface area (Å²) in [5, 5.41) is 11.7. The Morgan fingerprint density at radius 3 is 2.86 bits per heavy atom. The normalized spacial score (nSPS) is 12.9. The van der Waals surface area contributed by atoms with E-state index >= 15 is 0 Å². The van der Waals surface area contributed by atoms with E-state index in [1.54, 1.807) is 22.5 Å². The molecule has 1 aliphatic heterocycles. The first-order valence-electron chi connectivity index (χ1n) is 11.4. The van der Waals surface area contributed by atoms with Crippen LogP contribution >= 0.6 is 0 Å². The molecular weight excluding hydrogens is 442 g/mol. The number of fused-ring (bicyclic) bond motifs is 2. The van der Waals surface area contributed by atoms with Crippen LogP contribution in [0.3, 0.4) is 0 Å². The first kappa shape index (κ1) is 21.1. The Kier molecular flexibility index (Phi) is 5.23. The predicted molar refractivity (Wildman–Crippen MR) is 133 cm³/mol. The minimum absolute atomic E-state index is 0.270. The van der Waals surface area contributed by atoms with Crippen LogP contribution in [-0.2, 0) is 20.0 Å². The number of nitrogens with zero attached hydrogens (tertiary/aromatic N) is 5. The van der Waals surface area contributed by atoms with Crippen LogP contribution in [0, 0.1) is 0 Å². The van der Waals surface area contributed by atoms with Gasteiger partial charge in [0.2, 0.25) is 5.88 Å². The smallest absolute Gasteiger partial charge is 0.331 e. The minimum atomic E-state index is -0.270. The first-order chi connectivity index (χ1) is 17.2. The maximum Gasteiger partial charge on any atom is 0.331 e. The Labute approximate surface area is 201 Å². The highest BCUT2D eigenvalue weighted by molar-refractivity contribution is 5.98. The van der Waals surface area contributed by atoms with Gasteiger partial charge in [-0.05, 0) is 37.2 Å². The monoisotopic (exact) mass is 465 g/mol. The fraction of sp³-hybridized carbons (Fsp3) is 0.154. The van der Waals surface area contributed by atoms with Crippen molar-refractivity contribution in [2.75, 3.05) is 11.9 Å². The number of hydrogen-bond donors (Lipinski definition) is 2. The molecule has 0 bridgehead atoms. The number of nitrogens with one attached hydrogen (secondary N) is 2. The Morgan fingerprint density at radius 1 is 1.09 bits per heavy atom. The maximum atomic E-state index is 13.1. The quantitative estimate of drug-likeness (QED) is 0.409. The van der Waals surface area contributed by atoms with Crippen LogP contribution < -0.4 is 15.4 Å². The van der Waals surface area contributed by atoms with Crippen LogP contribution in [0.25, 0.3) is 22.2 Å². The van der Waals surface area contributed by atoms with Gasteiger partial charge in [0.05, 0.1) is 16.9 Å². The second-order valence-electron chi connectivity index (χ2n) is 8.37. The second kappa shape index (κ2) is 8.69. The average molecular weight is 466 g/mol. The molecule has 0 aliphatic carbocycles. The minimum Gasteiger partial charge on any atom is -0.439 e. The zero-order valence-electron chi connectivity index (χ0n) is 19.1. The van der Waals surface area contributed by atoms with Crippen molar-refractivity contribution in [3.8, 4) is 22.9 Å². The van der Waals surface area contributed by atoms with Crippen LogP contribution in [0.5, 0.6) is 11.6 Å². The van der Waals surface area contributed by atoms with Gasteiger partial charge in [-0.3, -0.25) is 14.6 Å². The standard InChI is InChI=1S/C26H23N7O2/c1-32-24(14-21(31-32)17-5-3-2-4-6-17)30-26(34)33-12-10-18-13-19(7-8-23(18)33)35-25-20-9-11-27-15-22(20)28-16-29-25/h2-8,10,12-14,16,27H,9,11,15H2,1H3,(H,30,34). The number of carbonyl (C=O) groups is 1. The predicted octanol–water partition coefficient (Wildman–Crippen LogP) is 4.35. The Bertz CT molecular complexity index is 1540. The highest BCUT2D eigenvalue weighted by Crippen LogP contribution is 2.29. The van der Waals surface area contributed by atoms with E-state index in [9.17, 15) is 4.79 Å². The molecule has 5 aromatic rings. The molecule has 0 saturated heterocycles. The maximum absolute atomic E-state index is 13.1. The lowest BCUT2D eigenvalue weighted by Gasteiger charge is -2.18. The van der Waals surface area contributed by atoms with E-state index in [0.717, 1.165) is 46.4 Å². The summed E-state index contributed by atoms with van der Waals surface area (Å²) >= 11 is 0. The van der Waals surface area contributed by atoms with Gasteiger partial charge in [0.1, 0.15) is 17.9 Å². The van der Waals surface area contributed by atoms with E-state index in [1.807, 2.05) is 60.7 Å². The summed E-state index contributed by atoms with van der Waals surface area (Å²) in [4.78, 5) is 21.8. The third kappa shape index (κ3) is 4.02. The van der Waals surface area contributed by atoms with Gasteiger partial charge in [0.25, 0.3) is 0 Å². The van der Waals surface area contributed by atoms with Gasteiger partial charge in [-0.2, -0.15) is 5.10 Å². The summed E-state index contributed by atoms with van der Waals surface area (Å²) < 4.78 is 9.35. The summed E-state index contributed by atoms with van der Waals surface area (Å²) in [5.74, 6) is 1.85. The number of hydrogen-bond acceptors (Lipinski definition) is 6. The molecule has 35 heavy (non-hydrogen) atoms. The van der Waals surface area contributed by atoms with Crippen molar-refractivity contribution in [3.63, 3.8) is 0 Å². The number of ether oxygens (including phenoxy) is 1. The van der Waals surface area contributed by atoms with Crippen LogP contribution in [0.15, 0.2) is 73.2 Å². The van der Waals surface area contributed by atoms with Crippen molar-refractivity contribution in [2.45, 2.75) is 13.0 Å². The molecule has 9 heteroatoms. The zero-order valence-corrected chi connectivity index (χ0v) is 19.1. The van der Waals surface area contributed by atoms with Gasteiger partial charge < -0.3 is 10.1 Å². The fourth-order valence-corrected chi connectivity index (χ4v) is 4.32. The van der Waals surface area contributed by atoms with Crippen molar-refractivity contribution in [3.05, 3.63) is 84.4 Å². The molecule has 0 unspecified atom stereocenters. The van der Waals surface area contributed by atoms with Gasteiger partial charge in [0, 0.05) is 42.4 Å². The molecule has 0 spiro atoms. The van der Waals surface area contributed by atoms with Crippen molar-refractivity contribution in [2.24, 2.45) is 7.05 Å². The van der Waals surface area contributed by atoms with Crippen LogP contribution in [0.2, 0.25) is 0 Å². The molecule has 0 radical (unpaired) electrons. The Hall–Kier alpha value is -4.50. The molecule has 1 amide bonds. The molecule has 2 N–H and O–H groups in total. The molecule has 2 aromatic carbocycles. The summed E-state index contributed by atoms with van der Waals surface area (Å²) in [7, 11) is 1.81. The van der Waals surface area contributed by atoms with Crippen molar-refractivity contribution in [1.82, 2.24) is 29.6 Å². The van der Waals surface area contributed by atoms with E-state index in [1.165, 1.54) is 6.33 Å². The van der Waals surface area contributed by atoms with Crippen LogP contribution in [0.1, 0.15) is 11.3 Å². The molecule has 3 aromatic heterocycles. The zero-order chi connectivity index (χ0) is 23.8. The number of carbonyl (C=O) groups excluding carboxylic acids is 1. The van der Waals surface area contributed by atoms with Crippen LogP contribution in [-0.4, -0.2) is 36.9 Å². The summed E-state index contributed by atoms with van der Waals surface area (Å²) in [6.45, 7) is 1.59. The summed E-state index contributed by atoms with van der Waals surface area (Å²) in [5.41, 5.74) is 4.56. The molecule has 0 saturated carbocycles. The highest BCUT2D eigenvalue weighted by atomic mass is 16.5. The van der Waals surface area contributed by atoms with E-state index in [4.69, 9.17) is 4.74 Å². The van der Waals surface area contributed by atoms with Gasteiger partial charge in [-0.1, -0.05) is 30.3 Å². The number of amides is 1. The third-order valence-corrected chi connectivity index (χ3v) is 6.12. The topological polar surface area (TPSA) is 98.9 Å². The van der Waals surface area contributed by atoms with Gasteiger partial charge >= 0.3 is 6.03 Å². The van der Waals surface area contributed by atoms with Gasteiger partial charge in [-0.25, -0.2) is 14.8 Å². The molecule has 9 nitrogen and oxygen atoms in total. The van der Waals surface area contributed by atoms with E-state index in [2.05, 4.69) is 25.7 Å². The fourth-order valence-electron chi connectivity index (χ4n) is 4.32. The Morgan fingerprint density at radius 2 is 1.97 bits per heavy atom. The van der Waals surface area contributed by atoms with Crippen molar-refractivity contribution < 1.29 is 9.53 Å². The average Bonchev–Trinajstić information content (AvgIpc) is 3.48. The van der Waals surface area contributed by atoms with E-state index < -0.39 is 0 Å². The van der Waals surface area contributed by atoms with Gasteiger partial charge in [0.15, 0.2) is 0 Å². The molecule has 0 fully saturated rings. The Balaban J connectivity index is 1.23. The van der Waals surface area contributed by atoms with Crippen LogP contribution in [0.4, 0.5) is 10.6 Å². The summed E-state index contributed by atoms with van der Waals surface area (Å²) in [6.07, 6.45) is 4.10. The summed E-state index contributed by atoms with van der Waals surface area (Å²) in [6, 6.07) is 19.0. The number of aromatic nitrogens is 5. The van der Waals surface area contributed by atoms with E-state index in [-0.39, 0.29) is 6.03 Å². The highest BCUT2D eigenvalue weighted by Gasteiger charge is 2.18. The second-order valence-corrected chi connectivity index (χ2v) is 8.37. The van der Waals surface area contributed by atoms with E-state index in [0.29, 0.717) is 24.0 Å². The molecule has 174 valence electrons. The largest absolute Gasteiger partial charge is 0.439 e. The number of aryl methyl sites for hydroxylation is 1.